The molecule has 2 fully saturated rings. The van der Waals surface area contributed by atoms with E-state index in [1.165, 1.54) is 0 Å². The van der Waals surface area contributed by atoms with Crippen LogP contribution in [0.25, 0.3) is 0 Å². The maximum Gasteiger partial charge on any atom is 0.237 e. The van der Waals surface area contributed by atoms with Gasteiger partial charge in [0, 0.05) is 32.8 Å². The summed E-state index contributed by atoms with van der Waals surface area (Å²) < 4.78 is 7.29. The third-order valence-corrected chi connectivity index (χ3v) is 4.57. The van der Waals surface area contributed by atoms with Crippen LogP contribution in [-0.2, 0) is 22.6 Å². The van der Waals surface area contributed by atoms with Crippen LogP contribution in [0.5, 0.6) is 0 Å². The van der Waals surface area contributed by atoms with Crippen molar-refractivity contribution in [3.63, 3.8) is 0 Å². The zero-order valence-electron chi connectivity index (χ0n) is 13.1. The minimum atomic E-state index is -0.143. The van der Waals surface area contributed by atoms with E-state index in [-0.39, 0.29) is 11.9 Å². The molecule has 1 aromatic heterocycles. The van der Waals surface area contributed by atoms with Crippen molar-refractivity contribution in [1.82, 2.24) is 30.4 Å². The first-order valence-corrected chi connectivity index (χ1v) is 8.08. The van der Waals surface area contributed by atoms with E-state index in [0.29, 0.717) is 12.5 Å². The Kier molecular flexibility index (Phi) is 4.99. The molecule has 0 bridgehead atoms. The van der Waals surface area contributed by atoms with Gasteiger partial charge in [-0.15, -0.1) is 5.10 Å². The van der Waals surface area contributed by atoms with Crippen LogP contribution in [0.4, 0.5) is 0 Å². The number of amides is 1. The van der Waals surface area contributed by atoms with Crippen molar-refractivity contribution in [3.8, 4) is 0 Å². The molecule has 0 aliphatic carbocycles. The van der Waals surface area contributed by atoms with E-state index >= 15 is 0 Å². The standard InChI is InChI=1S/C14H24N6O2/c1-11-14(21)15-5-2-6-19(11)10-13-16-17-18-20(13)9-12-3-7-22-8-4-12/h11-12H,2-10H2,1H3,(H,15,21). The van der Waals surface area contributed by atoms with Crippen LogP contribution in [0, 0.1) is 5.92 Å². The van der Waals surface area contributed by atoms with Gasteiger partial charge in [0.1, 0.15) is 0 Å². The molecule has 2 aliphatic rings. The fourth-order valence-corrected chi connectivity index (χ4v) is 3.05. The monoisotopic (exact) mass is 308 g/mol. The number of carbonyl (C=O) groups excluding carboxylic acids is 1. The van der Waals surface area contributed by atoms with Crippen molar-refractivity contribution in [1.29, 1.82) is 0 Å². The summed E-state index contributed by atoms with van der Waals surface area (Å²) in [6.45, 7) is 6.66. The van der Waals surface area contributed by atoms with Crippen LogP contribution in [0.15, 0.2) is 0 Å². The van der Waals surface area contributed by atoms with E-state index in [1.54, 1.807) is 0 Å². The van der Waals surface area contributed by atoms with E-state index < -0.39 is 0 Å². The first-order chi connectivity index (χ1) is 10.7. The van der Waals surface area contributed by atoms with Crippen molar-refractivity contribution >= 4 is 5.91 Å². The maximum absolute atomic E-state index is 11.9. The Morgan fingerprint density at radius 2 is 2.18 bits per heavy atom. The number of carbonyl (C=O) groups is 1. The third kappa shape index (κ3) is 3.61. The predicted molar refractivity (Wildman–Crippen MR) is 78.9 cm³/mol. The molecule has 122 valence electrons. The lowest BCUT2D eigenvalue weighted by molar-refractivity contribution is -0.125. The molecule has 1 atom stereocenters. The lowest BCUT2D eigenvalue weighted by Gasteiger charge is -2.25. The van der Waals surface area contributed by atoms with Crippen LogP contribution in [-0.4, -0.2) is 63.4 Å². The van der Waals surface area contributed by atoms with E-state index in [4.69, 9.17) is 4.74 Å². The Balaban J connectivity index is 1.64. The average molecular weight is 308 g/mol. The number of nitrogens with one attached hydrogen (secondary N) is 1. The van der Waals surface area contributed by atoms with E-state index in [9.17, 15) is 4.79 Å². The molecule has 1 aromatic rings. The van der Waals surface area contributed by atoms with Crippen LogP contribution >= 0.6 is 0 Å². The zero-order chi connectivity index (χ0) is 15.4. The van der Waals surface area contributed by atoms with Crippen molar-refractivity contribution in [2.24, 2.45) is 5.92 Å². The second-order valence-electron chi connectivity index (χ2n) is 6.12. The number of ether oxygens (including phenoxy) is 1. The Labute approximate surface area is 130 Å². The molecule has 0 saturated carbocycles. The van der Waals surface area contributed by atoms with Crippen molar-refractivity contribution in [2.75, 3.05) is 26.3 Å². The van der Waals surface area contributed by atoms with E-state index in [2.05, 4.69) is 25.7 Å². The zero-order valence-corrected chi connectivity index (χ0v) is 13.1. The van der Waals surface area contributed by atoms with Crippen LogP contribution in [0.3, 0.4) is 0 Å². The predicted octanol–water partition coefficient (Wildman–Crippen LogP) is -0.190. The third-order valence-electron chi connectivity index (χ3n) is 4.57. The quantitative estimate of drug-likeness (QED) is 0.830. The highest BCUT2D eigenvalue weighted by Gasteiger charge is 2.26. The smallest absolute Gasteiger partial charge is 0.237 e. The van der Waals surface area contributed by atoms with Gasteiger partial charge in [0.15, 0.2) is 5.82 Å². The molecule has 8 nitrogen and oxygen atoms in total. The fourth-order valence-electron chi connectivity index (χ4n) is 3.05. The molecule has 8 heteroatoms. The van der Waals surface area contributed by atoms with E-state index in [1.807, 2.05) is 11.6 Å². The minimum absolute atomic E-state index is 0.0842. The highest BCUT2D eigenvalue weighted by Crippen LogP contribution is 2.17. The number of hydrogen-bond donors (Lipinski definition) is 1. The van der Waals surface area contributed by atoms with Crippen molar-refractivity contribution in [3.05, 3.63) is 5.82 Å². The second kappa shape index (κ2) is 7.15. The van der Waals surface area contributed by atoms with Gasteiger partial charge in [-0.05, 0) is 42.5 Å². The van der Waals surface area contributed by atoms with Gasteiger partial charge >= 0.3 is 0 Å². The summed E-state index contributed by atoms with van der Waals surface area (Å²) in [6, 6.07) is -0.143. The summed E-state index contributed by atoms with van der Waals surface area (Å²) in [7, 11) is 0. The van der Waals surface area contributed by atoms with Gasteiger partial charge in [0.05, 0.1) is 12.6 Å². The Morgan fingerprint density at radius 1 is 1.36 bits per heavy atom. The Bertz CT molecular complexity index is 499. The van der Waals surface area contributed by atoms with Crippen molar-refractivity contribution < 1.29 is 9.53 Å². The largest absolute Gasteiger partial charge is 0.381 e. The Hall–Kier alpha value is -1.54. The summed E-state index contributed by atoms with van der Waals surface area (Å²) in [5, 5.41) is 15.1. The highest BCUT2D eigenvalue weighted by atomic mass is 16.5. The van der Waals surface area contributed by atoms with Gasteiger partial charge in [0.2, 0.25) is 5.91 Å². The minimum Gasteiger partial charge on any atom is -0.381 e. The molecular weight excluding hydrogens is 284 g/mol. The van der Waals surface area contributed by atoms with Gasteiger partial charge in [-0.2, -0.15) is 0 Å². The molecule has 1 unspecified atom stereocenters. The van der Waals surface area contributed by atoms with Gasteiger partial charge in [0.25, 0.3) is 0 Å². The second-order valence-corrected chi connectivity index (χ2v) is 6.12. The van der Waals surface area contributed by atoms with Gasteiger partial charge in [-0.3, -0.25) is 9.69 Å². The lowest BCUT2D eigenvalue weighted by Crippen LogP contribution is -2.42. The molecule has 0 aromatic carbocycles. The van der Waals surface area contributed by atoms with Crippen molar-refractivity contribution in [2.45, 2.75) is 45.3 Å². The summed E-state index contributed by atoms with van der Waals surface area (Å²) in [5.74, 6) is 1.50. The molecule has 1 amide bonds. The first-order valence-electron chi connectivity index (χ1n) is 8.08. The van der Waals surface area contributed by atoms with E-state index in [0.717, 1.165) is 57.9 Å². The average Bonchev–Trinajstić information content (AvgIpc) is 2.90. The topological polar surface area (TPSA) is 85.2 Å². The highest BCUT2D eigenvalue weighted by molar-refractivity contribution is 5.81. The first kappa shape index (κ1) is 15.4. The summed E-state index contributed by atoms with van der Waals surface area (Å²) in [5.41, 5.74) is 0. The lowest BCUT2D eigenvalue weighted by atomic mass is 10.0. The maximum atomic E-state index is 11.9. The molecule has 2 aliphatic heterocycles. The normalized spacial score (nSPS) is 25.0. The number of hydrogen-bond acceptors (Lipinski definition) is 6. The molecule has 0 spiro atoms. The molecule has 0 radical (unpaired) electrons. The Morgan fingerprint density at radius 3 is 3.00 bits per heavy atom. The summed E-state index contributed by atoms with van der Waals surface area (Å²) in [4.78, 5) is 14.1. The molecule has 3 heterocycles. The van der Waals surface area contributed by atoms with Crippen LogP contribution < -0.4 is 5.32 Å². The van der Waals surface area contributed by atoms with Gasteiger partial charge in [-0.25, -0.2) is 4.68 Å². The molecule has 2 saturated heterocycles. The number of aromatic nitrogens is 4. The number of tetrazole rings is 1. The van der Waals surface area contributed by atoms with Crippen LogP contribution in [0.1, 0.15) is 32.0 Å². The summed E-state index contributed by atoms with van der Waals surface area (Å²) in [6.07, 6.45) is 3.07. The van der Waals surface area contributed by atoms with Crippen LogP contribution in [0.2, 0.25) is 0 Å². The molecule has 3 rings (SSSR count). The molecular formula is C14H24N6O2. The van der Waals surface area contributed by atoms with Gasteiger partial charge in [-0.1, -0.05) is 0 Å². The molecule has 1 N–H and O–H groups in total. The SMILES string of the molecule is CC1C(=O)NCCCN1Cc1nnnn1CC1CCOCC1. The van der Waals surface area contributed by atoms with Gasteiger partial charge < -0.3 is 10.1 Å². The number of nitrogens with zero attached hydrogens (tertiary/aromatic N) is 5. The fraction of sp³-hybridized carbons (Fsp3) is 0.857. The summed E-state index contributed by atoms with van der Waals surface area (Å²) >= 11 is 0. The number of rotatable bonds is 4. The molecule has 22 heavy (non-hydrogen) atoms.